The summed E-state index contributed by atoms with van der Waals surface area (Å²) in [5.74, 6) is 0.160. The zero-order valence-corrected chi connectivity index (χ0v) is 12.5. The van der Waals surface area contributed by atoms with Gasteiger partial charge in [-0.3, -0.25) is 4.79 Å². The fourth-order valence-electron chi connectivity index (χ4n) is 1.89. The van der Waals surface area contributed by atoms with E-state index in [0.717, 1.165) is 17.7 Å². The molecule has 6 heteroatoms. The van der Waals surface area contributed by atoms with E-state index in [-0.39, 0.29) is 13.2 Å². The Kier molecular flexibility index (Phi) is 5.26. The molecule has 0 spiro atoms. The van der Waals surface area contributed by atoms with Crippen molar-refractivity contribution in [2.24, 2.45) is 0 Å². The number of carbonyl (C=O) groups is 1. The normalized spacial score (nSPS) is 11.1. The van der Waals surface area contributed by atoms with Crippen LogP contribution in [0.4, 0.5) is 13.2 Å². The highest BCUT2D eigenvalue weighted by Gasteiger charge is 2.30. The zero-order chi connectivity index (χ0) is 16.9. The maximum atomic E-state index is 12.6. The Morgan fingerprint density at radius 3 is 2.48 bits per heavy atom. The van der Waals surface area contributed by atoms with E-state index in [1.54, 1.807) is 12.1 Å². The van der Waals surface area contributed by atoms with Crippen LogP contribution in [0.2, 0.25) is 0 Å². The minimum atomic E-state index is -4.39. The van der Waals surface area contributed by atoms with Crippen molar-refractivity contribution >= 4 is 5.91 Å². The van der Waals surface area contributed by atoms with Crippen molar-refractivity contribution in [3.63, 3.8) is 0 Å². The smallest absolute Gasteiger partial charge is 0.416 e. The van der Waals surface area contributed by atoms with Crippen molar-refractivity contribution in [2.75, 3.05) is 6.61 Å². The molecule has 2 rings (SSSR count). The van der Waals surface area contributed by atoms with Gasteiger partial charge in [-0.1, -0.05) is 29.8 Å². The number of hydrogen-bond acceptors (Lipinski definition) is 2. The molecule has 2 aromatic rings. The number of carbonyl (C=O) groups excluding carboxylic acids is 1. The van der Waals surface area contributed by atoms with Crippen LogP contribution in [0.15, 0.2) is 48.5 Å². The van der Waals surface area contributed by atoms with Gasteiger partial charge in [-0.15, -0.1) is 0 Å². The summed E-state index contributed by atoms with van der Waals surface area (Å²) in [5.41, 5.74) is 0.718. The highest BCUT2D eigenvalue weighted by molar-refractivity contribution is 5.77. The molecule has 23 heavy (non-hydrogen) atoms. The number of nitrogens with one attached hydrogen (secondary N) is 1. The van der Waals surface area contributed by atoms with Crippen LogP contribution in [-0.4, -0.2) is 12.5 Å². The molecule has 0 atom stereocenters. The van der Waals surface area contributed by atoms with Gasteiger partial charge in [-0.2, -0.15) is 13.2 Å². The van der Waals surface area contributed by atoms with Crippen molar-refractivity contribution in [3.8, 4) is 5.75 Å². The molecule has 1 amide bonds. The van der Waals surface area contributed by atoms with E-state index >= 15 is 0 Å². The summed E-state index contributed by atoms with van der Waals surface area (Å²) in [7, 11) is 0. The van der Waals surface area contributed by atoms with E-state index < -0.39 is 17.6 Å². The third kappa shape index (κ3) is 5.32. The first-order chi connectivity index (χ1) is 10.8. The summed E-state index contributed by atoms with van der Waals surface area (Å²) in [6.45, 7) is 1.76. The van der Waals surface area contributed by atoms with Gasteiger partial charge in [0.1, 0.15) is 5.75 Å². The predicted octanol–water partition coefficient (Wildman–Crippen LogP) is 3.71. The third-order valence-electron chi connectivity index (χ3n) is 3.13. The topological polar surface area (TPSA) is 38.3 Å². The molecule has 0 aromatic heterocycles. The monoisotopic (exact) mass is 323 g/mol. The molecular formula is C17H16F3NO2. The van der Waals surface area contributed by atoms with Crippen molar-refractivity contribution < 1.29 is 22.7 Å². The first-order valence-corrected chi connectivity index (χ1v) is 6.97. The minimum Gasteiger partial charge on any atom is -0.484 e. The van der Waals surface area contributed by atoms with E-state index in [1.807, 2.05) is 19.1 Å². The number of ether oxygens (including phenoxy) is 1. The Morgan fingerprint density at radius 1 is 1.13 bits per heavy atom. The van der Waals surface area contributed by atoms with E-state index in [0.29, 0.717) is 11.3 Å². The fraction of sp³-hybridized carbons (Fsp3) is 0.235. The van der Waals surface area contributed by atoms with Crippen LogP contribution >= 0.6 is 0 Å². The summed E-state index contributed by atoms with van der Waals surface area (Å²) in [6.07, 6.45) is -4.39. The number of aryl methyl sites for hydroxylation is 1. The molecule has 3 nitrogen and oxygen atoms in total. The van der Waals surface area contributed by atoms with Crippen LogP contribution in [0.1, 0.15) is 16.7 Å². The number of alkyl halides is 3. The SMILES string of the molecule is Cc1ccc(OCC(=O)NCc2cccc(C(F)(F)F)c2)cc1. The second kappa shape index (κ2) is 7.17. The quantitative estimate of drug-likeness (QED) is 0.911. The molecule has 0 saturated carbocycles. The van der Waals surface area contributed by atoms with E-state index in [2.05, 4.69) is 5.32 Å². The zero-order valence-electron chi connectivity index (χ0n) is 12.5. The van der Waals surface area contributed by atoms with Gasteiger partial charge in [-0.05, 0) is 36.8 Å². The van der Waals surface area contributed by atoms with Gasteiger partial charge < -0.3 is 10.1 Å². The van der Waals surface area contributed by atoms with Gasteiger partial charge in [0.2, 0.25) is 0 Å². The van der Waals surface area contributed by atoms with Crippen molar-refractivity contribution in [1.29, 1.82) is 0 Å². The molecule has 0 saturated heterocycles. The molecule has 0 unspecified atom stereocenters. The molecular weight excluding hydrogens is 307 g/mol. The molecule has 2 aromatic carbocycles. The number of benzene rings is 2. The summed E-state index contributed by atoms with van der Waals surface area (Å²) in [5, 5.41) is 2.53. The van der Waals surface area contributed by atoms with Gasteiger partial charge in [0.05, 0.1) is 5.56 Å². The number of hydrogen-bond donors (Lipinski definition) is 1. The van der Waals surface area contributed by atoms with Crippen LogP contribution in [0.3, 0.4) is 0 Å². The molecule has 0 heterocycles. The molecule has 0 aliphatic heterocycles. The maximum absolute atomic E-state index is 12.6. The molecule has 1 N–H and O–H groups in total. The largest absolute Gasteiger partial charge is 0.484 e. The van der Waals surface area contributed by atoms with Crippen LogP contribution in [0, 0.1) is 6.92 Å². The Morgan fingerprint density at radius 2 is 1.83 bits per heavy atom. The first-order valence-electron chi connectivity index (χ1n) is 6.97. The maximum Gasteiger partial charge on any atom is 0.416 e. The van der Waals surface area contributed by atoms with Gasteiger partial charge >= 0.3 is 6.18 Å². The van der Waals surface area contributed by atoms with E-state index in [4.69, 9.17) is 4.74 Å². The van der Waals surface area contributed by atoms with Crippen LogP contribution < -0.4 is 10.1 Å². The average Bonchev–Trinajstić information content (AvgIpc) is 2.52. The summed E-state index contributed by atoms with van der Waals surface area (Å²) in [6, 6.07) is 12.0. The van der Waals surface area contributed by atoms with Crippen LogP contribution in [0.5, 0.6) is 5.75 Å². The molecule has 0 aliphatic rings. The Labute approximate surface area is 132 Å². The Hall–Kier alpha value is -2.50. The third-order valence-corrected chi connectivity index (χ3v) is 3.13. The van der Waals surface area contributed by atoms with Gasteiger partial charge in [-0.25, -0.2) is 0 Å². The van der Waals surface area contributed by atoms with Gasteiger partial charge in [0.15, 0.2) is 6.61 Å². The second-order valence-electron chi connectivity index (χ2n) is 5.08. The average molecular weight is 323 g/mol. The number of rotatable bonds is 5. The van der Waals surface area contributed by atoms with Gasteiger partial charge in [0.25, 0.3) is 5.91 Å². The fourth-order valence-corrected chi connectivity index (χ4v) is 1.89. The Balaban J connectivity index is 1.83. The van der Waals surface area contributed by atoms with E-state index in [9.17, 15) is 18.0 Å². The highest BCUT2D eigenvalue weighted by atomic mass is 19.4. The lowest BCUT2D eigenvalue weighted by molar-refractivity contribution is -0.137. The lowest BCUT2D eigenvalue weighted by Crippen LogP contribution is -2.28. The van der Waals surface area contributed by atoms with Crippen molar-refractivity contribution in [2.45, 2.75) is 19.6 Å². The lowest BCUT2D eigenvalue weighted by atomic mass is 10.1. The molecule has 0 bridgehead atoms. The second-order valence-corrected chi connectivity index (χ2v) is 5.08. The lowest BCUT2D eigenvalue weighted by Gasteiger charge is -2.10. The Bertz CT molecular complexity index is 666. The van der Waals surface area contributed by atoms with Crippen LogP contribution in [0.25, 0.3) is 0 Å². The molecule has 122 valence electrons. The summed E-state index contributed by atoms with van der Waals surface area (Å²) >= 11 is 0. The summed E-state index contributed by atoms with van der Waals surface area (Å²) < 4.78 is 43.1. The highest BCUT2D eigenvalue weighted by Crippen LogP contribution is 2.29. The standard InChI is InChI=1S/C17H16F3NO2/c1-12-5-7-15(8-6-12)23-11-16(22)21-10-13-3-2-4-14(9-13)17(18,19)20/h2-9H,10-11H2,1H3,(H,21,22). The predicted molar refractivity (Wildman–Crippen MR) is 80.0 cm³/mol. The van der Waals surface area contributed by atoms with Gasteiger partial charge in [0, 0.05) is 6.54 Å². The molecule has 0 aliphatic carbocycles. The van der Waals surface area contributed by atoms with E-state index in [1.165, 1.54) is 12.1 Å². The molecule has 0 radical (unpaired) electrons. The molecule has 0 fully saturated rings. The van der Waals surface area contributed by atoms with Crippen molar-refractivity contribution in [3.05, 3.63) is 65.2 Å². The minimum absolute atomic E-state index is 0.0139. The number of amides is 1. The first kappa shape index (κ1) is 16.9. The van der Waals surface area contributed by atoms with Crippen molar-refractivity contribution in [1.82, 2.24) is 5.32 Å². The summed E-state index contributed by atoms with van der Waals surface area (Å²) in [4.78, 5) is 11.7. The number of halogens is 3. The van der Waals surface area contributed by atoms with Crippen LogP contribution in [-0.2, 0) is 17.5 Å².